The standard InChI is InChI=1S/C19H19N5O8S/c1-10(25)32-8-12-9-33(29,30)18-15(31-2)17(26)24(18)14(12)16-20-22-23(21-16)7-11-5-3-4-6-13(11)19(27)28/h3-6,15,18H,7-9H2,1-2H3,(H,27,28)/t15-,18+/m0/s1. The van der Waals surface area contributed by atoms with E-state index >= 15 is 0 Å². The van der Waals surface area contributed by atoms with Crippen molar-refractivity contribution >= 4 is 33.4 Å². The van der Waals surface area contributed by atoms with Crippen molar-refractivity contribution in [3.05, 3.63) is 46.8 Å². The highest BCUT2D eigenvalue weighted by molar-refractivity contribution is 7.92. The van der Waals surface area contributed by atoms with Crippen molar-refractivity contribution in [2.45, 2.75) is 24.9 Å². The maximum atomic E-state index is 12.8. The Morgan fingerprint density at radius 1 is 1.27 bits per heavy atom. The first-order chi connectivity index (χ1) is 15.6. The predicted molar refractivity (Wildman–Crippen MR) is 109 cm³/mol. The Balaban J connectivity index is 1.74. The predicted octanol–water partition coefficient (Wildman–Crippen LogP) is -0.694. The fourth-order valence-electron chi connectivity index (χ4n) is 3.80. The molecule has 2 atom stereocenters. The number of carboxylic acids is 1. The Hall–Kier alpha value is -3.65. The molecule has 14 heteroatoms. The van der Waals surface area contributed by atoms with Gasteiger partial charge < -0.3 is 14.6 Å². The summed E-state index contributed by atoms with van der Waals surface area (Å²) in [6, 6.07) is 6.29. The minimum atomic E-state index is -3.83. The summed E-state index contributed by atoms with van der Waals surface area (Å²) in [5.41, 5.74) is 0.685. The van der Waals surface area contributed by atoms with Crippen LogP contribution in [0, 0.1) is 0 Å². The highest BCUT2D eigenvalue weighted by Crippen LogP contribution is 2.41. The third kappa shape index (κ3) is 3.98. The molecule has 0 bridgehead atoms. The molecule has 1 saturated heterocycles. The van der Waals surface area contributed by atoms with Crippen LogP contribution in [0.4, 0.5) is 0 Å². The van der Waals surface area contributed by atoms with Gasteiger partial charge in [-0.15, -0.1) is 10.2 Å². The summed E-state index contributed by atoms with van der Waals surface area (Å²) < 4.78 is 35.6. The van der Waals surface area contributed by atoms with E-state index in [2.05, 4.69) is 15.4 Å². The molecule has 1 aromatic carbocycles. The van der Waals surface area contributed by atoms with Crippen LogP contribution in [0.25, 0.3) is 5.70 Å². The van der Waals surface area contributed by atoms with Gasteiger partial charge >= 0.3 is 11.9 Å². The van der Waals surface area contributed by atoms with Crippen LogP contribution in [-0.4, -0.2) is 87.4 Å². The van der Waals surface area contributed by atoms with Crippen molar-refractivity contribution in [3.8, 4) is 0 Å². The summed E-state index contributed by atoms with van der Waals surface area (Å²) >= 11 is 0. The second kappa shape index (κ2) is 8.37. The molecule has 2 aromatic rings. The quantitative estimate of drug-likeness (QED) is 0.395. The first-order valence-electron chi connectivity index (χ1n) is 9.66. The number of ether oxygens (including phenoxy) is 2. The number of hydrogen-bond acceptors (Lipinski definition) is 10. The number of amides is 1. The Morgan fingerprint density at radius 2 is 2.00 bits per heavy atom. The van der Waals surface area contributed by atoms with Gasteiger partial charge in [-0.05, 0) is 16.8 Å². The maximum Gasteiger partial charge on any atom is 0.336 e. The Morgan fingerprint density at radius 3 is 2.67 bits per heavy atom. The van der Waals surface area contributed by atoms with Crippen LogP contribution in [0.5, 0.6) is 0 Å². The van der Waals surface area contributed by atoms with Crippen LogP contribution >= 0.6 is 0 Å². The number of rotatable bonds is 7. The van der Waals surface area contributed by atoms with Crippen molar-refractivity contribution in [2.24, 2.45) is 0 Å². The Labute approximate surface area is 187 Å². The lowest BCUT2D eigenvalue weighted by Crippen LogP contribution is -2.69. The van der Waals surface area contributed by atoms with Gasteiger partial charge in [-0.1, -0.05) is 18.2 Å². The molecule has 3 heterocycles. The number of carboxylic acid groups (broad SMARTS) is 1. The number of sulfone groups is 1. The topological polar surface area (TPSA) is 171 Å². The van der Waals surface area contributed by atoms with Crippen LogP contribution in [0.1, 0.15) is 28.7 Å². The number of β-lactam (4-membered cyclic amide) rings is 1. The minimum Gasteiger partial charge on any atom is -0.478 e. The first kappa shape index (κ1) is 22.5. The number of carbonyl (C=O) groups is 3. The zero-order chi connectivity index (χ0) is 23.9. The van der Waals surface area contributed by atoms with Crippen LogP contribution in [0.2, 0.25) is 0 Å². The fourth-order valence-corrected chi connectivity index (χ4v) is 5.81. The van der Waals surface area contributed by atoms with Gasteiger partial charge in [0, 0.05) is 19.6 Å². The number of fused-ring (bicyclic) bond motifs is 1. The maximum absolute atomic E-state index is 12.8. The molecule has 0 aliphatic carbocycles. The molecule has 2 aliphatic heterocycles. The van der Waals surface area contributed by atoms with Gasteiger partial charge in [-0.25, -0.2) is 13.2 Å². The van der Waals surface area contributed by atoms with E-state index in [1.54, 1.807) is 18.2 Å². The van der Waals surface area contributed by atoms with Crippen LogP contribution in [-0.2, 0) is 35.4 Å². The molecule has 1 N–H and O–H groups in total. The van der Waals surface area contributed by atoms with Gasteiger partial charge in [0.15, 0.2) is 21.3 Å². The highest BCUT2D eigenvalue weighted by Gasteiger charge is 2.60. The lowest BCUT2D eigenvalue weighted by Gasteiger charge is -2.48. The van der Waals surface area contributed by atoms with Crippen molar-refractivity contribution in [2.75, 3.05) is 19.5 Å². The van der Waals surface area contributed by atoms with Crippen molar-refractivity contribution in [1.29, 1.82) is 0 Å². The van der Waals surface area contributed by atoms with Crippen molar-refractivity contribution in [3.63, 3.8) is 0 Å². The number of methoxy groups -OCH3 is 1. The lowest BCUT2D eigenvalue weighted by molar-refractivity contribution is -0.156. The second-order valence-corrected chi connectivity index (χ2v) is 9.50. The summed E-state index contributed by atoms with van der Waals surface area (Å²) in [7, 11) is -2.59. The number of aromatic carboxylic acids is 1. The Kier molecular flexibility index (Phi) is 5.71. The molecule has 4 rings (SSSR count). The normalized spacial score (nSPS) is 21.4. The van der Waals surface area contributed by atoms with Crippen LogP contribution in [0.3, 0.4) is 0 Å². The first-order valence-corrected chi connectivity index (χ1v) is 11.4. The summed E-state index contributed by atoms with van der Waals surface area (Å²) in [5.74, 6) is -2.90. The van der Waals surface area contributed by atoms with E-state index in [-0.39, 0.29) is 35.8 Å². The number of tetrazole rings is 1. The van der Waals surface area contributed by atoms with E-state index in [4.69, 9.17) is 9.47 Å². The van der Waals surface area contributed by atoms with Gasteiger partial charge in [0.1, 0.15) is 6.61 Å². The minimum absolute atomic E-state index is 0.0294. The van der Waals surface area contributed by atoms with E-state index in [0.717, 1.165) is 9.70 Å². The van der Waals surface area contributed by atoms with Gasteiger partial charge in [0.05, 0.1) is 23.6 Å². The number of esters is 1. The number of carbonyl (C=O) groups excluding carboxylic acids is 2. The molecule has 13 nitrogen and oxygen atoms in total. The largest absolute Gasteiger partial charge is 0.478 e. The molecule has 2 aliphatic rings. The molecule has 0 radical (unpaired) electrons. The van der Waals surface area contributed by atoms with Gasteiger partial charge in [-0.2, -0.15) is 4.80 Å². The number of benzene rings is 1. The van der Waals surface area contributed by atoms with Crippen molar-refractivity contribution < 1.29 is 37.4 Å². The summed E-state index contributed by atoms with van der Waals surface area (Å²) in [4.78, 5) is 37.6. The molecule has 1 fully saturated rings. The highest BCUT2D eigenvalue weighted by atomic mass is 32.2. The molecule has 0 saturated carbocycles. The zero-order valence-corrected chi connectivity index (χ0v) is 18.4. The number of nitrogens with zero attached hydrogens (tertiary/aromatic N) is 5. The Bertz CT molecular complexity index is 1280. The van der Waals surface area contributed by atoms with E-state index in [1.807, 2.05) is 0 Å². The second-order valence-electron chi connectivity index (χ2n) is 7.40. The van der Waals surface area contributed by atoms with E-state index in [1.165, 1.54) is 20.1 Å². The van der Waals surface area contributed by atoms with E-state index in [9.17, 15) is 27.9 Å². The molecule has 174 valence electrons. The molecular formula is C19H19N5O8S. The summed E-state index contributed by atoms with van der Waals surface area (Å²) in [5, 5.41) is 20.2. The van der Waals surface area contributed by atoms with E-state index < -0.39 is 44.9 Å². The summed E-state index contributed by atoms with van der Waals surface area (Å²) in [6.07, 6.45) is -1.17. The molecular weight excluding hydrogens is 458 g/mol. The van der Waals surface area contributed by atoms with Gasteiger partial charge in [0.25, 0.3) is 5.91 Å². The third-order valence-corrected chi connectivity index (χ3v) is 7.19. The third-order valence-electron chi connectivity index (χ3n) is 5.24. The van der Waals surface area contributed by atoms with Crippen molar-refractivity contribution in [1.82, 2.24) is 25.1 Å². The smallest absolute Gasteiger partial charge is 0.336 e. The summed E-state index contributed by atoms with van der Waals surface area (Å²) in [6.45, 7) is 0.761. The average Bonchev–Trinajstić information content (AvgIpc) is 3.20. The van der Waals surface area contributed by atoms with Gasteiger partial charge in [0.2, 0.25) is 5.82 Å². The monoisotopic (exact) mass is 477 g/mol. The zero-order valence-electron chi connectivity index (χ0n) is 17.5. The average molecular weight is 477 g/mol. The number of hydrogen-bond donors (Lipinski definition) is 1. The number of aromatic nitrogens is 4. The molecule has 1 aromatic heterocycles. The lowest BCUT2D eigenvalue weighted by atomic mass is 10.1. The van der Waals surface area contributed by atoms with E-state index in [0.29, 0.717) is 5.56 Å². The fraction of sp³-hybridized carbons (Fsp3) is 0.368. The van der Waals surface area contributed by atoms with Gasteiger partial charge in [-0.3, -0.25) is 14.5 Å². The SMILES string of the molecule is CO[C@H]1C(=O)N2C(c3nnn(Cc4ccccc4C(=O)O)n3)=C(COC(C)=O)CS(=O)(=O)[C@H]12. The van der Waals surface area contributed by atoms with Crippen LogP contribution < -0.4 is 0 Å². The molecule has 0 unspecified atom stereocenters. The van der Waals surface area contributed by atoms with Crippen LogP contribution in [0.15, 0.2) is 29.8 Å². The molecule has 1 amide bonds. The molecule has 0 spiro atoms. The molecule has 33 heavy (non-hydrogen) atoms.